The number of alkyl carbamates (subject to hydrolysis) is 1. The van der Waals surface area contributed by atoms with Crippen LogP contribution < -0.4 is 11.1 Å². The van der Waals surface area contributed by atoms with Crippen LogP contribution in [0.2, 0.25) is 0 Å². The van der Waals surface area contributed by atoms with Crippen molar-refractivity contribution in [3.8, 4) is 0 Å². The highest BCUT2D eigenvalue weighted by Crippen LogP contribution is 2.12. The predicted molar refractivity (Wildman–Crippen MR) is 81.3 cm³/mol. The average Bonchev–Trinajstić information content (AvgIpc) is 2.28. The molecule has 110 valence electrons. The van der Waals surface area contributed by atoms with Crippen LogP contribution in [0.5, 0.6) is 0 Å². The van der Waals surface area contributed by atoms with E-state index in [2.05, 4.69) is 10.3 Å². The van der Waals surface area contributed by atoms with Crippen LogP contribution in [0.3, 0.4) is 0 Å². The van der Waals surface area contributed by atoms with Gasteiger partial charge >= 0.3 is 6.09 Å². The molecule has 1 aromatic heterocycles. The highest BCUT2D eigenvalue weighted by atomic mass is 16.6. The Bertz CT molecular complexity index is 490. The first-order chi connectivity index (χ1) is 9.28. The smallest absolute Gasteiger partial charge is 0.407 e. The monoisotopic (exact) mass is 277 g/mol. The number of pyridine rings is 1. The van der Waals surface area contributed by atoms with Gasteiger partial charge in [-0.1, -0.05) is 6.08 Å². The van der Waals surface area contributed by atoms with Crippen LogP contribution in [0.1, 0.15) is 38.4 Å². The summed E-state index contributed by atoms with van der Waals surface area (Å²) in [5, 5.41) is 2.69. The van der Waals surface area contributed by atoms with Crippen molar-refractivity contribution >= 4 is 17.9 Å². The van der Waals surface area contributed by atoms with Crippen molar-refractivity contribution in [2.75, 3.05) is 12.3 Å². The summed E-state index contributed by atoms with van der Waals surface area (Å²) in [5.74, 6) is 0. The van der Waals surface area contributed by atoms with Gasteiger partial charge < -0.3 is 15.8 Å². The molecule has 5 heteroatoms. The minimum Gasteiger partial charge on any atom is -0.444 e. The molecule has 20 heavy (non-hydrogen) atoms. The molecule has 1 aromatic rings. The van der Waals surface area contributed by atoms with Gasteiger partial charge in [0.05, 0.1) is 11.4 Å². The lowest BCUT2D eigenvalue weighted by Crippen LogP contribution is -2.32. The predicted octanol–water partition coefficient (Wildman–Crippen LogP) is 2.90. The van der Waals surface area contributed by atoms with E-state index >= 15 is 0 Å². The summed E-state index contributed by atoms with van der Waals surface area (Å²) in [5.41, 5.74) is 7.81. The van der Waals surface area contributed by atoms with Crippen LogP contribution in [-0.4, -0.2) is 23.2 Å². The minimum absolute atomic E-state index is 0.404. The molecule has 0 unspecified atom stereocenters. The first-order valence-electron chi connectivity index (χ1n) is 6.63. The second kappa shape index (κ2) is 6.93. The van der Waals surface area contributed by atoms with Crippen molar-refractivity contribution in [1.82, 2.24) is 10.3 Å². The number of nitrogens with zero attached hydrogens (tertiary/aromatic N) is 1. The van der Waals surface area contributed by atoms with Gasteiger partial charge in [-0.15, -0.1) is 0 Å². The van der Waals surface area contributed by atoms with E-state index in [1.54, 1.807) is 6.20 Å². The molecule has 1 rings (SSSR count). The Morgan fingerprint density at radius 3 is 2.80 bits per heavy atom. The van der Waals surface area contributed by atoms with E-state index in [0.717, 1.165) is 11.3 Å². The zero-order valence-electron chi connectivity index (χ0n) is 12.6. The molecule has 1 amide bonds. The van der Waals surface area contributed by atoms with Crippen LogP contribution in [-0.2, 0) is 4.74 Å². The fraction of sp³-hybridized carbons (Fsp3) is 0.467. The standard InChI is InChI=1S/C15H23N3O2/c1-11-9-12(16)13(18-10-11)7-5-6-8-17-14(19)20-15(2,3)4/h5,7,9-10H,6,8,16H2,1-4H3,(H,17,19). The van der Waals surface area contributed by atoms with Gasteiger partial charge in [0, 0.05) is 12.7 Å². The Kier molecular flexibility index (Phi) is 5.55. The maximum absolute atomic E-state index is 11.4. The molecule has 0 radical (unpaired) electrons. The van der Waals surface area contributed by atoms with Crippen molar-refractivity contribution in [3.05, 3.63) is 29.6 Å². The highest BCUT2D eigenvalue weighted by Gasteiger charge is 2.15. The SMILES string of the molecule is Cc1cnc(C=CCCNC(=O)OC(C)(C)C)c(N)c1. The molecule has 0 aliphatic carbocycles. The minimum atomic E-state index is -0.472. The molecule has 3 N–H and O–H groups in total. The lowest BCUT2D eigenvalue weighted by Gasteiger charge is -2.19. The molecular weight excluding hydrogens is 254 g/mol. The first kappa shape index (κ1) is 16.0. The highest BCUT2D eigenvalue weighted by molar-refractivity contribution is 5.67. The van der Waals surface area contributed by atoms with Gasteiger partial charge in [0.15, 0.2) is 0 Å². The summed E-state index contributed by atoms with van der Waals surface area (Å²) in [6.07, 6.45) is 5.83. The number of hydrogen-bond donors (Lipinski definition) is 2. The van der Waals surface area contributed by atoms with Crippen molar-refractivity contribution in [1.29, 1.82) is 0 Å². The van der Waals surface area contributed by atoms with Crippen LogP contribution >= 0.6 is 0 Å². The fourth-order valence-electron chi connectivity index (χ4n) is 1.51. The molecule has 0 aliphatic rings. The molecule has 0 bridgehead atoms. The lowest BCUT2D eigenvalue weighted by atomic mass is 10.2. The van der Waals surface area contributed by atoms with Gasteiger partial charge in [0.1, 0.15) is 5.60 Å². The largest absolute Gasteiger partial charge is 0.444 e. The number of carbonyl (C=O) groups is 1. The number of rotatable bonds is 4. The summed E-state index contributed by atoms with van der Waals surface area (Å²) in [4.78, 5) is 15.6. The number of carbonyl (C=O) groups excluding carboxylic acids is 1. The third-order valence-corrected chi connectivity index (χ3v) is 2.34. The fourth-order valence-corrected chi connectivity index (χ4v) is 1.51. The van der Waals surface area contributed by atoms with Gasteiger partial charge in [0.25, 0.3) is 0 Å². The van der Waals surface area contributed by atoms with Crippen molar-refractivity contribution < 1.29 is 9.53 Å². The van der Waals surface area contributed by atoms with Gasteiger partial charge in [-0.25, -0.2) is 4.79 Å². The van der Waals surface area contributed by atoms with Crippen LogP contribution in [0.4, 0.5) is 10.5 Å². The van der Waals surface area contributed by atoms with E-state index in [-0.39, 0.29) is 0 Å². The summed E-state index contributed by atoms with van der Waals surface area (Å²) < 4.78 is 5.13. The molecular formula is C15H23N3O2. The molecule has 0 atom stereocenters. The Balaban J connectivity index is 2.34. The summed E-state index contributed by atoms with van der Waals surface area (Å²) >= 11 is 0. The maximum atomic E-state index is 11.4. The zero-order chi connectivity index (χ0) is 15.2. The van der Waals surface area contributed by atoms with Crippen LogP contribution in [0.15, 0.2) is 18.3 Å². The Morgan fingerprint density at radius 2 is 2.20 bits per heavy atom. The topological polar surface area (TPSA) is 77.2 Å². The van der Waals surface area contributed by atoms with E-state index in [4.69, 9.17) is 10.5 Å². The average molecular weight is 277 g/mol. The third-order valence-electron chi connectivity index (χ3n) is 2.34. The molecule has 0 spiro atoms. The second-order valence-corrected chi connectivity index (χ2v) is 5.61. The van der Waals surface area contributed by atoms with E-state index in [9.17, 15) is 4.79 Å². The van der Waals surface area contributed by atoms with Crippen LogP contribution in [0, 0.1) is 6.92 Å². The number of ether oxygens (including phenoxy) is 1. The normalized spacial score (nSPS) is 11.6. The van der Waals surface area contributed by atoms with Gasteiger partial charge in [-0.2, -0.15) is 0 Å². The summed E-state index contributed by atoms with van der Waals surface area (Å²) in [6, 6.07) is 1.88. The second-order valence-electron chi connectivity index (χ2n) is 5.61. The Labute approximate surface area is 120 Å². The number of amides is 1. The number of nitrogens with one attached hydrogen (secondary N) is 1. The molecule has 1 heterocycles. The van der Waals surface area contributed by atoms with Gasteiger partial charge in [-0.05, 0) is 51.8 Å². The van der Waals surface area contributed by atoms with Crippen LogP contribution in [0.25, 0.3) is 6.08 Å². The Morgan fingerprint density at radius 1 is 1.50 bits per heavy atom. The number of nitrogens with two attached hydrogens (primary N) is 1. The molecule has 0 saturated carbocycles. The molecule has 0 saturated heterocycles. The van der Waals surface area contributed by atoms with Gasteiger partial charge in [0.2, 0.25) is 0 Å². The van der Waals surface area contributed by atoms with E-state index in [1.165, 1.54) is 0 Å². The lowest BCUT2D eigenvalue weighted by molar-refractivity contribution is 0.0529. The van der Waals surface area contributed by atoms with Gasteiger partial charge in [-0.3, -0.25) is 4.98 Å². The number of aryl methyl sites for hydroxylation is 1. The summed E-state index contributed by atoms with van der Waals surface area (Å²) in [7, 11) is 0. The molecule has 0 fully saturated rings. The first-order valence-corrected chi connectivity index (χ1v) is 6.63. The number of nitrogen functional groups attached to an aromatic ring is 1. The van der Waals surface area contributed by atoms with Crippen molar-refractivity contribution in [2.24, 2.45) is 0 Å². The molecule has 0 aliphatic heterocycles. The van der Waals surface area contributed by atoms with E-state index < -0.39 is 11.7 Å². The number of hydrogen-bond acceptors (Lipinski definition) is 4. The Hall–Kier alpha value is -2.04. The van der Waals surface area contributed by atoms with Crippen molar-refractivity contribution in [2.45, 2.75) is 39.7 Å². The zero-order valence-corrected chi connectivity index (χ0v) is 12.6. The summed E-state index contributed by atoms with van der Waals surface area (Å²) in [6.45, 7) is 7.95. The third kappa shape index (κ3) is 6.22. The maximum Gasteiger partial charge on any atom is 0.407 e. The number of aromatic nitrogens is 1. The van der Waals surface area contributed by atoms with E-state index in [0.29, 0.717) is 18.7 Å². The molecule has 5 nitrogen and oxygen atoms in total. The van der Waals surface area contributed by atoms with E-state index in [1.807, 2.05) is 45.9 Å². The van der Waals surface area contributed by atoms with Crippen molar-refractivity contribution in [3.63, 3.8) is 0 Å². The molecule has 0 aromatic carbocycles. The number of anilines is 1. The quantitative estimate of drug-likeness (QED) is 0.830.